The summed E-state index contributed by atoms with van der Waals surface area (Å²) in [4.78, 5) is 11.8. The van der Waals surface area contributed by atoms with E-state index in [2.05, 4.69) is 21.2 Å². The number of benzene rings is 2. The van der Waals surface area contributed by atoms with Crippen molar-refractivity contribution in [1.82, 2.24) is 0 Å². The molecule has 0 aliphatic rings. The van der Waals surface area contributed by atoms with Crippen LogP contribution < -0.4 is 5.32 Å². The lowest BCUT2D eigenvalue weighted by Crippen LogP contribution is -2.04. The molecule has 0 bridgehead atoms. The fourth-order valence-corrected chi connectivity index (χ4v) is 3.53. The molecule has 0 saturated heterocycles. The van der Waals surface area contributed by atoms with E-state index >= 15 is 0 Å². The number of hydrogen-bond donors (Lipinski definition) is 2. The van der Waals surface area contributed by atoms with Crippen LogP contribution in [0.5, 0.6) is 0 Å². The largest absolute Gasteiger partial charge is 0.477 e. The van der Waals surface area contributed by atoms with Gasteiger partial charge in [-0.25, -0.2) is 4.79 Å². The summed E-state index contributed by atoms with van der Waals surface area (Å²) in [5, 5.41) is 13.7. The standard InChI is InChI=1S/C16H12BrNO2S/c17-10-5-7-11(8-6-10)18-9-13-12-3-1-2-4-14(12)21-15(13)16(19)20/h1-8,18H,9H2,(H,19,20). The van der Waals surface area contributed by atoms with Gasteiger partial charge in [0.25, 0.3) is 0 Å². The van der Waals surface area contributed by atoms with E-state index in [9.17, 15) is 9.90 Å². The summed E-state index contributed by atoms with van der Waals surface area (Å²) >= 11 is 4.72. The highest BCUT2D eigenvalue weighted by atomic mass is 79.9. The quantitative estimate of drug-likeness (QED) is 0.689. The third-order valence-electron chi connectivity index (χ3n) is 3.21. The number of aromatic carboxylic acids is 1. The number of carbonyl (C=O) groups is 1. The van der Waals surface area contributed by atoms with Gasteiger partial charge < -0.3 is 10.4 Å². The number of carboxylic acid groups (broad SMARTS) is 1. The molecule has 0 fully saturated rings. The van der Waals surface area contributed by atoms with Crippen molar-refractivity contribution in [2.24, 2.45) is 0 Å². The van der Waals surface area contributed by atoms with Gasteiger partial charge in [0.2, 0.25) is 0 Å². The molecule has 3 nitrogen and oxygen atoms in total. The van der Waals surface area contributed by atoms with Crippen LogP contribution >= 0.6 is 27.3 Å². The highest BCUT2D eigenvalue weighted by molar-refractivity contribution is 9.10. The first-order valence-corrected chi connectivity index (χ1v) is 7.99. The molecule has 0 amide bonds. The number of carboxylic acids is 1. The second-order valence-corrected chi connectivity index (χ2v) is 6.54. The maximum absolute atomic E-state index is 11.4. The molecule has 3 rings (SSSR count). The smallest absolute Gasteiger partial charge is 0.346 e. The fraction of sp³-hybridized carbons (Fsp3) is 0.0625. The number of fused-ring (bicyclic) bond motifs is 1. The predicted octanol–water partition coefficient (Wildman–Crippen LogP) is 4.97. The molecule has 0 aliphatic carbocycles. The van der Waals surface area contributed by atoms with Crippen molar-refractivity contribution in [3.05, 3.63) is 63.4 Å². The molecule has 0 radical (unpaired) electrons. The first-order chi connectivity index (χ1) is 10.1. The number of nitrogens with one attached hydrogen (secondary N) is 1. The summed E-state index contributed by atoms with van der Waals surface area (Å²) in [5.74, 6) is -0.871. The molecule has 0 aliphatic heterocycles. The molecule has 0 spiro atoms. The number of halogens is 1. The van der Waals surface area contributed by atoms with Gasteiger partial charge in [-0.2, -0.15) is 0 Å². The maximum atomic E-state index is 11.4. The summed E-state index contributed by atoms with van der Waals surface area (Å²) < 4.78 is 2.02. The Morgan fingerprint density at radius 2 is 1.86 bits per heavy atom. The molecule has 0 saturated carbocycles. The highest BCUT2D eigenvalue weighted by Crippen LogP contribution is 2.32. The van der Waals surface area contributed by atoms with E-state index in [1.54, 1.807) is 0 Å². The van der Waals surface area contributed by atoms with Crippen LogP contribution in [0.1, 0.15) is 15.2 Å². The predicted molar refractivity (Wildman–Crippen MR) is 90.3 cm³/mol. The molecular formula is C16H12BrNO2S. The minimum Gasteiger partial charge on any atom is -0.477 e. The van der Waals surface area contributed by atoms with Crippen molar-refractivity contribution in [1.29, 1.82) is 0 Å². The number of thiophene rings is 1. The number of anilines is 1. The highest BCUT2D eigenvalue weighted by Gasteiger charge is 2.17. The van der Waals surface area contributed by atoms with Gasteiger partial charge in [0, 0.05) is 27.0 Å². The van der Waals surface area contributed by atoms with Gasteiger partial charge >= 0.3 is 5.97 Å². The Hall–Kier alpha value is -1.85. The Labute approximate surface area is 134 Å². The molecule has 5 heteroatoms. The van der Waals surface area contributed by atoms with Crippen LogP contribution in [0.15, 0.2) is 53.0 Å². The third kappa shape index (κ3) is 2.94. The van der Waals surface area contributed by atoms with E-state index in [0.717, 1.165) is 25.8 Å². The molecule has 106 valence electrons. The van der Waals surface area contributed by atoms with Gasteiger partial charge in [-0.15, -0.1) is 11.3 Å². The normalized spacial score (nSPS) is 10.7. The van der Waals surface area contributed by atoms with Gasteiger partial charge in [0.1, 0.15) is 4.88 Å². The zero-order chi connectivity index (χ0) is 14.8. The molecule has 1 aromatic heterocycles. The molecule has 0 unspecified atom stereocenters. The fourth-order valence-electron chi connectivity index (χ4n) is 2.21. The van der Waals surface area contributed by atoms with Crippen molar-refractivity contribution in [3.63, 3.8) is 0 Å². The van der Waals surface area contributed by atoms with Crippen molar-refractivity contribution in [3.8, 4) is 0 Å². The summed E-state index contributed by atoms with van der Waals surface area (Å²) in [6.07, 6.45) is 0. The Morgan fingerprint density at radius 3 is 2.57 bits per heavy atom. The molecular weight excluding hydrogens is 350 g/mol. The first kappa shape index (κ1) is 14.1. The van der Waals surface area contributed by atoms with E-state index in [1.165, 1.54) is 11.3 Å². The van der Waals surface area contributed by atoms with Crippen LogP contribution in [0.25, 0.3) is 10.1 Å². The lowest BCUT2D eigenvalue weighted by atomic mass is 10.1. The van der Waals surface area contributed by atoms with Crippen molar-refractivity contribution >= 4 is 49.0 Å². The van der Waals surface area contributed by atoms with Crippen LogP contribution in [0.3, 0.4) is 0 Å². The Balaban J connectivity index is 1.93. The van der Waals surface area contributed by atoms with Crippen LogP contribution in [0.4, 0.5) is 5.69 Å². The summed E-state index contributed by atoms with van der Waals surface area (Å²) in [5.41, 5.74) is 1.80. The number of hydrogen-bond acceptors (Lipinski definition) is 3. The van der Waals surface area contributed by atoms with Gasteiger partial charge in [0.05, 0.1) is 0 Å². The zero-order valence-electron chi connectivity index (χ0n) is 11.0. The van der Waals surface area contributed by atoms with E-state index in [1.807, 2.05) is 48.5 Å². The molecule has 21 heavy (non-hydrogen) atoms. The van der Waals surface area contributed by atoms with E-state index in [4.69, 9.17) is 0 Å². The van der Waals surface area contributed by atoms with Crippen molar-refractivity contribution < 1.29 is 9.90 Å². The lowest BCUT2D eigenvalue weighted by Gasteiger charge is -2.07. The van der Waals surface area contributed by atoms with Crippen LogP contribution in [-0.4, -0.2) is 11.1 Å². The molecule has 3 aromatic rings. The van der Waals surface area contributed by atoms with Crippen LogP contribution in [0, 0.1) is 0 Å². The Kier molecular flexibility index (Phi) is 3.94. The molecule has 2 aromatic carbocycles. The summed E-state index contributed by atoms with van der Waals surface area (Å²) in [6, 6.07) is 15.6. The minimum absolute atomic E-state index is 0.404. The van der Waals surface area contributed by atoms with Gasteiger partial charge in [-0.3, -0.25) is 0 Å². The SMILES string of the molecule is O=C(O)c1sc2ccccc2c1CNc1ccc(Br)cc1. The van der Waals surface area contributed by atoms with E-state index in [-0.39, 0.29) is 0 Å². The monoisotopic (exact) mass is 361 g/mol. The van der Waals surface area contributed by atoms with Crippen LogP contribution in [0.2, 0.25) is 0 Å². The average Bonchev–Trinajstić information content (AvgIpc) is 2.86. The van der Waals surface area contributed by atoms with E-state index in [0.29, 0.717) is 11.4 Å². The van der Waals surface area contributed by atoms with E-state index < -0.39 is 5.97 Å². The lowest BCUT2D eigenvalue weighted by molar-refractivity contribution is 0.0701. The Bertz CT molecular complexity index is 796. The molecule has 2 N–H and O–H groups in total. The van der Waals surface area contributed by atoms with Crippen molar-refractivity contribution in [2.75, 3.05) is 5.32 Å². The summed E-state index contributed by atoms with van der Waals surface area (Å²) in [6.45, 7) is 0.493. The van der Waals surface area contributed by atoms with Crippen molar-refractivity contribution in [2.45, 2.75) is 6.54 Å². The van der Waals surface area contributed by atoms with Gasteiger partial charge in [-0.1, -0.05) is 34.1 Å². The van der Waals surface area contributed by atoms with Gasteiger partial charge in [0.15, 0.2) is 0 Å². The summed E-state index contributed by atoms with van der Waals surface area (Å²) in [7, 11) is 0. The topological polar surface area (TPSA) is 49.3 Å². The maximum Gasteiger partial charge on any atom is 0.346 e. The number of rotatable bonds is 4. The third-order valence-corrected chi connectivity index (χ3v) is 4.94. The molecule has 0 atom stereocenters. The Morgan fingerprint density at radius 1 is 1.14 bits per heavy atom. The molecule has 1 heterocycles. The second kappa shape index (κ2) is 5.87. The van der Waals surface area contributed by atoms with Gasteiger partial charge in [-0.05, 0) is 35.7 Å². The second-order valence-electron chi connectivity index (χ2n) is 4.57. The minimum atomic E-state index is -0.871. The first-order valence-electron chi connectivity index (χ1n) is 6.38. The zero-order valence-corrected chi connectivity index (χ0v) is 13.4. The van der Waals surface area contributed by atoms with Crippen LogP contribution in [-0.2, 0) is 6.54 Å². The average molecular weight is 362 g/mol.